The van der Waals surface area contributed by atoms with Gasteiger partial charge in [-0.25, -0.2) is 0 Å². The number of nitrogens with zero attached hydrogens (tertiary/aromatic N) is 2. The summed E-state index contributed by atoms with van der Waals surface area (Å²) in [5, 5.41) is 0. The van der Waals surface area contributed by atoms with Crippen LogP contribution in [0.15, 0.2) is 24.3 Å². The van der Waals surface area contributed by atoms with E-state index in [1.807, 2.05) is 4.90 Å². The average molecular weight is 479 g/mol. The SMILES string of the molecule is C[C@]12CCC[C@]3(CO3)[C@H]1C[C@@H]1[C@@H](C2)OC(=O)[C@@H]1CN1CCN(c2cccc(C(F)(F)F)c2)CC1. The minimum Gasteiger partial charge on any atom is -0.462 e. The minimum atomic E-state index is -4.34. The van der Waals surface area contributed by atoms with Crippen LogP contribution in [0.4, 0.5) is 18.9 Å². The van der Waals surface area contributed by atoms with Gasteiger partial charge in [0.25, 0.3) is 0 Å². The highest BCUT2D eigenvalue weighted by Crippen LogP contribution is 2.62. The van der Waals surface area contributed by atoms with Gasteiger partial charge in [-0.2, -0.15) is 13.2 Å². The third kappa shape index (κ3) is 3.81. The van der Waals surface area contributed by atoms with Crippen molar-refractivity contribution in [1.82, 2.24) is 4.90 Å². The highest BCUT2D eigenvalue weighted by atomic mass is 19.4. The zero-order valence-electron chi connectivity index (χ0n) is 19.7. The first-order valence-electron chi connectivity index (χ1n) is 12.7. The lowest BCUT2D eigenvalue weighted by molar-refractivity contribution is -0.147. The maximum atomic E-state index is 13.1. The molecule has 0 bridgehead atoms. The fraction of sp³-hybridized carbons (Fsp3) is 0.731. The van der Waals surface area contributed by atoms with Crippen LogP contribution >= 0.6 is 0 Å². The molecule has 0 unspecified atom stereocenters. The summed E-state index contributed by atoms with van der Waals surface area (Å²) in [6.45, 7) is 6.65. The quantitative estimate of drug-likeness (QED) is 0.477. The van der Waals surface area contributed by atoms with E-state index in [1.54, 1.807) is 6.07 Å². The van der Waals surface area contributed by atoms with Crippen molar-refractivity contribution in [3.05, 3.63) is 29.8 Å². The molecule has 2 saturated carbocycles. The number of anilines is 1. The number of piperazine rings is 1. The zero-order chi connectivity index (χ0) is 23.7. The molecule has 8 heteroatoms. The maximum absolute atomic E-state index is 13.1. The predicted molar refractivity (Wildman–Crippen MR) is 120 cm³/mol. The van der Waals surface area contributed by atoms with Crippen LogP contribution in [0.25, 0.3) is 0 Å². The molecule has 0 N–H and O–H groups in total. The summed E-state index contributed by atoms with van der Waals surface area (Å²) in [6.07, 6.45) is 1.14. The van der Waals surface area contributed by atoms with E-state index in [9.17, 15) is 18.0 Å². The molecule has 186 valence electrons. The van der Waals surface area contributed by atoms with Gasteiger partial charge in [-0.15, -0.1) is 0 Å². The van der Waals surface area contributed by atoms with E-state index in [4.69, 9.17) is 9.47 Å². The van der Waals surface area contributed by atoms with E-state index in [2.05, 4.69) is 11.8 Å². The molecule has 3 saturated heterocycles. The number of esters is 1. The monoisotopic (exact) mass is 478 g/mol. The number of carbonyl (C=O) groups excluding carboxylic acids is 1. The lowest BCUT2D eigenvalue weighted by atomic mass is 9.53. The van der Waals surface area contributed by atoms with Crippen LogP contribution in [0.5, 0.6) is 0 Å². The largest absolute Gasteiger partial charge is 0.462 e. The normalized spacial score (nSPS) is 40.1. The zero-order valence-corrected chi connectivity index (χ0v) is 19.7. The van der Waals surface area contributed by atoms with Gasteiger partial charge < -0.3 is 14.4 Å². The van der Waals surface area contributed by atoms with E-state index in [-0.39, 0.29) is 34.9 Å². The Morgan fingerprint density at radius 3 is 2.62 bits per heavy atom. The van der Waals surface area contributed by atoms with Crippen LogP contribution in [0.1, 0.15) is 44.6 Å². The van der Waals surface area contributed by atoms with Gasteiger partial charge in [0, 0.05) is 44.3 Å². The van der Waals surface area contributed by atoms with Crippen molar-refractivity contribution in [3.63, 3.8) is 0 Å². The van der Waals surface area contributed by atoms with Gasteiger partial charge in [-0.3, -0.25) is 9.69 Å². The second kappa shape index (κ2) is 7.85. The second-order valence-electron chi connectivity index (χ2n) is 11.4. The molecule has 6 rings (SSSR count). The molecule has 5 nitrogen and oxygen atoms in total. The molecule has 5 fully saturated rings. The van der Waals surface area contributed by atoms with Gasteiger partial charge in [-0.05, 0) is 61.6 Å². The molecule has 5 aliphatic rings. The van der Waals surface area contributed by atoms with Crippen LogP contribution in [0.3, 0.4) is 0 Å². The Labute approximate surface area is 198 Å². The first kappa shape index (κ1) is 22.7. The van der Waals surface area contributed by atoms with Crippen LogP contribution in [0.2, 0.25) is 0 Å². The van der Waals surface area contributed by atoms with E-state index < -0.39 is 11.7 Å². The van der Waals surface area contributed by atoms with Crippen LogP contribution in [-0.2, 0) is 20.4 Å². The van der Waals surface area contributed by atoms with Crippen molar-refractivity contribution in [2.45, 2.75) is 56.9 Å². The lowest BCUT2D eigenvalue weighted by Crippen LogP contribution is -2.52. The third-order valence-electron chi connectivity index (χ3n) is 9.45. The van der Waals surface area contributed by atoms with E-state index in [0.29, 0.717) is 31.2 Å². The summed E-state index contributed by atoms with van der Waals surface area (Å²) in [7, 11) is 0. The van der Waals surface area contributed by atoms with Crippen LogP contribution in [-0.4, -0.2) is 61.9 Å². The Kier molecular flexibility index (Phi) is 5.23. The van der Waals surface area contributed by atoms with Gasteiger partial charge in [0.1, 0.15) is 6.10 Å². The molecule has 3 aliphatic heterocycles. The fourth-order valence-corrected chi connectivity index (χ4v) is 7.51. The summed E-state index contributed by atoms with van der Waals surface area (Å²) in [5.41, 5.74) is 0.233. The van der Waals surface area contributed by atoms with Gasteiger partial charge in [0.2, 0.25) is 0 Å². The molecule has 1 aromatic carbocycles. The molecule has 2 aliphatic carbocycles. The maximum Gasteiger partial charge on any atom is 0.416 e. The van der Waals surface area contributed by atoms with Crippen molar-refractivity contribution in [2.75, 3.05) is 44.2 Å². The lowest BCUT2D eigenvalue weighted by Gasteiger charge is -2.51. The molecule has 1 aromatic rings. The predicted octanol–water partition coefficient (Wildman–Crippen LogP) is 4.35. The van der Waals surface area contributed by atoms with E-state index >= 15 is 0 Å². The topological polar surface area (TPSA) is 45.3 Å². The molecule has 0 aromatic heterocycles. The Hall–Kier alpha value is -1.80. The molecule has 34 heavy (non-hydrogen) atoms. The highest BCUT2D eigenvalue weighted by molar-refractivity contribution is 5.75. The number of ether oxygens (including phenoxy) is 2. The fourth-order valence-electron chi connectivity index (χ4n) is 7.51. The van der Waals surface area contributed by atoms with Gasteiger partial charge in [0.05, 0.1) is 23.7 Å². The van der Waals surface area contributed by atoms with Gasteiger partial charge in [0.15, 0.2) is 0 Å². The Bertz CT molecular complexity index is 957. The van der Waals surface area contributed by atoms with Crippen LogP contribution < -0.4 is 4.90 Å². The molecular formula is C26H33F3N2O3. The number of alkyl halides is 3. The van der Waals surface area contributed by atoms with Crippen molar-refractivity contribution < 1.29 is 27.4 Å². The van der Waals surface area contributed by atoms with Crippen molar-refractivity contribution in [2.24, 2.45) is 23.2 Å². The number of benzene rings is 1. The van der Waals surface area contributed by atoms with E-state index in [0.717, 1.165) is 45.0 Å². The van der Waals surface area contributed by atoms with Crippen molar-refractivity contribution >= 4 is 11.7 Å². The van der Waals surface area contributed by atoms with E-state index in [1.165, 1.54) is 25.0 Å². The number of hydrogen-bond acceptors (Lipinski definition) is 5. The Morgan fingerprint density at radius 2 is 1.91 bits per heavy atom. The number of epoxide rings is 1. The number of carbonyl (C=O) groups is 1. The van der Waals surface area contributed by atoms with Gasteiger partial charge in [-0.1, -0.05) is 13.0 Å². The molecule has 0 amide bonds. The van der Waals surface area contributed by atoms with Crippen molar-refractivity contribution in [1.29, 1.82) is 0 Å². The summed E-state index contributed by atoms with van der Waals surface area (Å²) in [5.74, 6) is 0.562. The number of fused-ring (bicyclic) bond motifs is 3. The Morgan fingerprint density at radius 1 is 1.15 bits per heavy atom. The smallest absolute Gasteiger partial charge is 0.416 e. The third-order valence-corrected chi connectivity index (χ3v) is 9.45. The summed E-state index contributed by atoms with van der Waals surface area (Å²) >= 11 is 0. The molecule has 3 heterocycles. The highest BCUT2D eigenvalue weighted by Gasteiger charge is 2.65. The summed E-state index contributed by atoms with van der Waals surface area (Å²) < 4.78 is 51.2. The summed E-state index contributed by atoms with van der Waals surface area (Å²) in [6, 6.07) is 5.55. The molecular weight excluding hydrogens is 445 g/mol. The molecule has 0 radical (unpaired) electrons. The Balaban J connectivity index is 1.10. The first-order chi connectivity index (χ1) is 16.2. The number of rotatable bonds is 3. The standard InChI is InChI=1S/C26H33F3N2O3/c1-24-6-3-7-25(16-33-25)22(24)13-19-20(23(32)34-21(19)14-24)15-30-8-10-31(11-9-30)18-5-2-4-17(12-18)26(27,28)29/h2,4-5,12,19-22H,3,6-11,13-16H2,1H3/t19-,20+,21+,22-,24+,25-/m0/s1. The first-order valence-corrected chi connectivity index (χ1v) is 12.7. The van der Waals surface area contributed by atoms with Crippen molar-refractivity contribution in [3.8, 4) is 0 Å². The summed E-state index contributed by atoms with van der Waals surface area (Å²) in [4.78, 5) is 17.2. The second-order valence-corrected chi connectivity index (χ2v) is 11.4. The molecule has 6 atom stereocenters. The van der Waals surface area contributed by atoms with Gasteiger partial charge >= 0.3 is 12.1 Å². The van der Waals surface area contributed by atoms with Crippen LogP contribution in [0, 0.1) is 23.2 Å². The molecule has 1 spiro atoms. The average Bonchev–Trinajstić information content (AvgIpc) is 3.50. The number of halogens is 3. The number of hydrogen-bond donors (Lipinski definition) is 0. The minimum absolute atomic E-state index is 0.0130.